The predicted molar refractivity (Wildman–Crippen MR) is 151 cm³/mol. The van der Waals surface area contributed by atoms with E-state index in [0.717, 1.165) is 24.8 Å². The number of unbranched alkanes of at least 4 members (excludes halogenated alkanes) is 11. The van der Waals surface area contributed by atoms with Crippen LogP contribution in [-0.2, 0) is 19.1 Å². The molecule has 0 bridgehead atoms. The molecule has 37 heavy (non-hydrogen) atoms. The van der Waals surface area contributed by atoms with E-state index in [-0.39, 0.29) is 5.97 Å². The molecule has 0 saturated heterocycles. The quantitative estimate of drug-likeness (QED) is 0.0996. The molecular weight excluding hydrogens is 468 g/mol. The summed E-state index contributed by atoms with van der Waals surface area (Å²) in [5.41, 5.74) is 0.921. The number of carboxylic acids is 2. The number of aliphatic carboxylic acids is 2. The standard InChI is InChI=1S/C23H44O2.C8H12O4/c1-5-7-9-11-13-15-17-19-22(23(24)25-20-21(3)4)18-16-14-12-10-8-6-2;9-7(10)5-2-1-3-6(4-5)8(11)12/h18,21H,5-17,19-20H2,1-4H3;5-6H,1-4H2,(H,9,10)(H,11,12). The lowest BCUT2D eigenvalue weighted by Crippen LogP contribution is -2.26. The van der Waals surface area contributed by atoms with Crippen molar-refractivity contribution in [1.82, 2.24) is 0 Å². The maximum Gasteiger partial charge on any atom is 0.333 e. The van der Waals surface area contributed by atoms with Crippen LogP contribution in [0.15, 0.2) is 11.6 Å². The second-order valence-electron chi connectivity index (χ2n) is 11.0. The summed E-state index contributed by atoms with van der Waals surface area (Å²) in [7, 11) is 0. The first-order valence-electron chi connectivity index (χ1n) is 15.0. The fraction of sp³-hybridized carbons (Fsp3) is 0.839. The second kappa shape index (κ2) is 23.3. The largest absolute Gasteiger partial charge is 0.481 e. The Morgan fingerprint density at radius 3 is 1.76 bits per heavy atom. The van der Waals surface area contributed by atoms with Crippen molar-refractivity contribution in [3.8, 4) is 0 Å². The van der Waals surface area contributed by atoms with Gasteiger partial charge in [-0.15, -0.1) is 0 Å². The Hall–Kier alpha value is -1.85. The van der Waals surface area contributed by atoms with Crippen molar-refractivity contribution in [2.45, 2.75) is 143 Å². The average Bonchev–Trinajstić information content (AvgIpc) is 2.87. The summed E-state index contributed by atoms with van der Waals surface area (Å²) in [5.74, 6) is -2.28. The molecule has 0 aliphatic heterocycles. The monoisotopic (exact) mass is 524 g/mol. The molecule has 0 spiro atoms. The fourth-order valence-corrected chi connectivity index (χ4v) is 4.56. The van der Waals surface area contributed by atoms with E-state index in [0.29, 0.717) is 38.2 Å². The molecule has 1 rings (SSSR count). The molecule has 1 aliphatic carbocycles. The molecule has 216 valence electrons. The van der Waals surface area contributed by atoms with Crippen LogP contribution in [0, 0.1) is 17.8 Å². The van der Waals surface area contributed by atoms with Gasteiger partial charge in [-0.3, -0.25) is 9.59 Å². The van der Waals surface area contributed by atoms with E-state index in [1.165, 1.54) is 70.6 Å². The predicted octanol–water partition coefficient (Wildman–Crippen LogP) is 8.58. The first-order chi connectivity index (χ1) is 17.7. The van der Waals surface area contributed by atoms with E-state index < -0.39 is 23.8 Å². The Bertz CT molecular complexity index is 620. The zero-order valence-corrected chi connectivity index (χ0v) is 24.3. The average molecular weight is 525 g/mol. The molecule has 0 aromatic carbocycles. The van der Waals surface area contributed by atoms with Gasteiger partial charge < -0.3 is 14.9 Å². The highest BCUT2D eigenvalue weighted by Gasteiger charge is 2.30. The molecule has 0 amide bonds. The summed E-state index contributed by atoms with van der Waals surface area (Å²) in [5, 5.41) is 17.3. The van der Waals surface area contributed by atoms with Crippen LogP contribution in [0.1, 0.15) is 143 Å². The summed E-state index contributed by atoms with van der Waals surface area (Å²) >= 11 is 0. The molecule has 2 N–H and O–H groups in total. The third kappa shape index (κ3) is 19.9. The van der Waals surface area contributed by atoms with Crippen LogP contribution >= 0.6 is 0 Å². The molecule has 1 saturated carbocycles. The van der Waals surface area contributed by atoms with Gasteiger partial charge in [-0.1, -0.05) is 104 Å². The number of hydrogen-bond donors (Lipinski definition) is 2. The van der Waals surface area contributed by atoms with Gasteiger partial charge in [-0.25, -0.2) is 4.79 Å². The van der Waals surface area contributed by atoms with E-state index in [1.807, 2.05) is 0 Å². The Morgan fingerprint density at radius 1 is 0.784 bits per heavy atom. The lowest BCUT2D eigenvalue weighted by atomic mass is 9.81. The van der Waals surface area contributed by atoms with Crippen molar-refractivity contribution >= 4 is 17.9 Å². The Labute approximate surface area is 226 Å². The van der Waals surface area contributed by atoms with Crippen molar-refractivity contribution in [3.63, 3.8) is 0 Å². The Balaban J connectivity index is 0.000000893. The summed E-state index contributed by atoms with van der Waals surface area (Å²) in [6, 6.07) is 0. The van der Waals surface area contributed by atoms with Gasteiger partial charge in [-0.05, 0) is 50.9 Å². The number of allylic oxidation sites excluding steroid dienone is 1. The molecule has 2 unspecified atom stereocenters. The second-order valence-corrected chi connectivity index (χ2v) is 11.0. The summed E-state index contributed by atoms with van der Waals surface area (Å²) in [6.45, 7) is 9.19. The van der Waals surface area contributed by atoms with E-state index >= 15 is 0 Å². The van der Waals surface area contributed by atoms with Gasteiger partial charge in [-0.2, -0.15) is 0 Å². The van der Waals surface area contributed by atoms with Gasteiger partial charge in [0.2, 0.25) is 0 Å². The summed E-state index contributed by atoms with van der Waals surface area (Å²) in [4.78, 5) is 33.4. The van der Waals surface area contributed by atoms with Crippen LogP contribution < -0.4 is 0 Å². The van der Waals surface area contributed by atoms with Crippen molar-refractivity contribution in [2.75, 3.05) is 6.61 Å². The first kappa shape index (κ1) is 35.2. The zero-order chi connectivity index (χ0) is 27.9. The minimum absolute atomic E-state index is 0.0757. The minimum atomic E-state index is -0.860. The van der Waals surface area contributed by atoms with Crippen LogP contribution in [0.2, 0.25) is 0 Å². The van der Waals surface area contributed by atoms with Crippen LogP contribution in [-0.4, -0.2) is 34.7 Å². The molecular formula is C31H56O6. The number of ether oxygens (including phenoxy) is 1. The van der Waals surface area contributed by atoms with Gasteiger partial charge in [0.05, 0.1) is 18.4 Å². The minimum Gasteiger partial charge on any atom is -0.481 e. The third-order valence-corrected chi connectivity index (χ3v) is 6.93. The van der Waals surface area contributed by atoms with Crippen molar-refractivity contribution < 1.29 is 29.3 Å². The Kier molecular flexibility index (Phi) is 22.1. The summed E-state index contributed by atoms with van der Waals surface area (Å²) in [6.07, 6.45) is 21.7. The molecule has 0 radical (unpaired) electrons. The topological polar surface area (TPSA) is 101 Å². The highest BCUT2D eigenvalue weighted by Crippen LogP contribution is 2.29. The van der Waals surface area contributed by atoms with Crippen LogP contribution in [0.5, 0.6) is 0 Å². The Morgan fingerprint density at radius 2 is 1.27 bits per heavy atom. The van der Waals surface area contributed by atoms with Crippen molar-refractivity contribution in [2.24, 2.45) is 17.8 Å². The van der Waals surface area contributed by atoms with Gasteiger partial charge in [0.15, 0.2) is 0 Å². The van der Waals surface area contributed by atoms with E-state index in [4.69, 9.17) is 14.9 Å². The van der Waals surface area contributed by atoms with Gasteiger partial charge >= 0.3 is 17.9 Å². The van der Waals surface area contributed by atoms with E-state index in [1.54, 1.807) is 0 Å². The maximum atomic E-state index is 12.3. The molecule has 6 heteroatoms. The van der Waals surface area contributed by atoms with Gasteiger partial charge in [0.25, 0.3) is 0 Å². The number of hydrogen-bond acceptors (Lipinski definition) is 4. The zero-order valence-electron chi connectivity index (χ0n) is 24.3. The third-order valence-electron chi connectivity index (χ3n) is 6.93. The van der Waals surface area contributed by atoms with Crippen molar-refractivity contribution in [3.05, 3.63) is 11.6 Å². The highest BCUT2D eigenvalue weighted by atomic mass is 16.5. The SMILES string of the molecule is CCCCCCCC=C(CCCCCCCCC)C(=O)OCC(C)C.O=C(O)C1CCCC(C(=O)O)C1. The first-order valence-corrected chi connectivity index (χ1v) is 15.0. The van der Waals surface area contributed by atoms with Crippen molar-refractivity contribution in [1.29, 1.82) is 0 Å². The molecule has 1 aliphatic rings. The number of carbonyl (C=O) groups is 3. The van der Waals surface area contributed by atoms with Crippen LogP contribution in [0.25, 0.3) is 0 Å². The van der Waals surface area contributed by atoms with E-state index in [2.05, 4.69) is 33.8 Å². The van der Waals surface area contributed by atoms with Crippen LogP contribution in [0.3, 0.4) is 0 Å². The molecule has 0 aromatic heterocycles. The maximum absolute atomic E-state index is 12.3. The molecule has 0 aromatic rings. The molecule has 0 heterocycles. The van der Waals surface area contributed by atoms with Crippen LogP contribution in [0.4, 0.5) is 0 Å². The number of esters is 1. The van der Waals surface area contributed by atoms with Gasteiger partial charge in [0, 0.05) is 5.57 Å². The fourth-order valence-electron chi connectivity index (χ4n) is 4.56. The molecule has 2 atom stereocenters. The molecule has 1 fully saturated rings. The number of carbonyl (C=O) groups excluding carboxylic acids is 1. The highest BCUT2D eigenvalue weighted by molar-refractivity contribution is 5.88. The normalized spacial score (nSPS) is 17.7. The van der Waals surface area contributed by atoms with E-state index in [9.17, 15) is 14.4 Å². The lowest BCUT2D eigenvalue weighted by Gasteiger charge is -2.23. The lowest BCUT2D eigenvalue weighted by molar-refractivity contribution is -0.148. The number of carboxylic acid groups (broad SMARTS) is 2. The smallest absolute Gasteiger partial charge is 0.333 e. The molecule has 6 nitrogen and oxygen atoms in total. The van der Waals surface area contributed by atoms with Gasteiger partial charge in [0.1, 0.15) is 0 Å². The summed E-state index contributed by atoms with van der Waals surface area (Å²) < 4.78 is 5.46. The number of rotatable bonds is 19.